The van der Waals surface area contributed by atoms with Crippen LogP contribution < -0.4 is 10.6 Å². The maximum atomic E-state index is 12.5. The molecule has 0 fully saturated rings. The van der Waals surface area contributed by atoms with E-state index >= 15 is 0 Å². The van der Waals surface area contributed by atoms with Crippen LogP contribution in [0.4, 0.5) is 18.9 Å². The first-order valence-corrected chi connectivity index (χ1v) is 7.63. The third-order valence-electron chi connectivity index (χ3n) is 3.09. The van der Waals surface area contributed by atoms with Gasteiger partial charge in [-0.2, -0.15) is 13.2 Å². The Balaban J connectivity index is 1.93. The molecule has 2 rings (SSSR count). The van der Waals surface area contributed by atoms with Gasteiger partial charge in [-0.05, 0) is 42.5 Å². The summed E-state index contributed by atoms with van der Waals surface area (Å²) in [6.45, 7) is -0.386. The van der Waals surface area contributed by atoms with Crippen molar-refractivity contribution in [3.63, 3.8) is 0 Å². The van der Waals surface area contributed by atoms with Crippen LogP contribution in [0.2, 0.25) is 10.0 Å². The van der Waals surface area contributed by atoms with Gasteiger partial charge >= 0.3 is 6.18 Å². The van der Waals surface area contributed by atoms with Gasteiger partial charge in [0.05, 0.1) is 22.8 Å². The number of hydrogen-bond donors (Lipinski definition) is 2. The van der Waals surface area contributed by atoms with Crippen LogP contribution in [0, 0.1) is 0 Å². The monoisotopic (exact) mass is 390 g/mol. The largest absolute Gasteiger partial charge is 0.416 e. The Morgan fingerprint density at radius 3 is 2.24 bits per heavy atom. The quantitative estimate of drug-likeness (QED) is 0.813. The van der Waals surface area contributed by atoms with E-state index in [9.17, 15) is 22.8 Å². The first kappa shape index (κ1) is 19.1. The molecule has 4 nitrogen and oxygen atoms in total. The van der Waals surface area contributed by atoms with Crippen molar-refractivity contribution in [1.82, 2.24) is 5.32 Å². The van der Waals surface area contributed by atoms with Crippen molar-refractivity contribution >= 4 is 40.7 Å². The summed E-state index contributed by atoms with van der Waals surface area (Å²) in [5.41, 5.74) is -0.582. The first-order valence-electron chi connectivity index (χ1n) is 6.87. The molecule has 0 saturated carbocycles. The normalized spacial score (nSPS) is 11.1. The Hall–Kier alpha value is -2.25. The van der Waals surface area contributed by atoms with Gasteiger partial charge in [-0.1, -0.05) is 23.2 Å². The van der Waals surface area contributed by atoms with E-state index in [1.165, 1.54) is 12.1 Å². The highest BCUT2D eigenvalue weighted by atomic mass is 35.5. The molecule has 0 radical (unpaired) electrons. The molecule has 0 atom stereocenters. The van der Waals surface area contributed by atoms with Crippen LogP contribution in [-0.2, 0) is 11.0 Å². The highest BCUT2D eigenvalue weighted by Crippen LogP contribution is 2.29. The van der Waals surface area contributed by atoms with E-state index in [4.69, 9.17) is 23.2 Å². The lowest BCUT2D eigenvalue weighted by Gasteiger charge is -2.10. The standard InChI is InChI=1S/C16H11Cl2F3N2O2/c17-11-5-6-12(18)13(7-11)23-14(24)8-22-15(25)9-1-3-10(4-2-9)16(19,20)21/h1-7H,8H2,(H,22,25)(H,23,24). The topological polar surface area (TPSA) is 58.2 Å². The number of carbonyl (C=O) groups excluding carboxylic acids is 2. The average molecular weight is 391 g/mol. The second-order valence-corrected chi connectivity index (χ2v) is 5.77. The average Bonchev–Trinajstić information content (AvgIpc) is 2.55. The summed E-state index contributed by atoms with van der Waals surface area (Å²) in [6, 6.07) is 8.14. The molecule has 0 aliphatic rings. The summed E-state index contributed by atoms with van der Waals surface area (Å²) < 4.78 is 37.4. The number of nitrogens with one attached hydrogen (secondary N) is 2. The van der Waals surface area contributed by atoms with Gasteiger partial charge < -0.3 is 10.6 Å². The van der Waals surface area contributed by atoms with Crippen LogP contribution in [-0.4, -0.2) is 18.4 Å². The maximum absolute atomic E-state index is 12.5. The van der Waals surface area contributed by atoms with Gasteiger partial charge in [0.1, 0.15) is 0 Å². The lowest BCUT2D eigenvalue weighted by atomic mass is 10.1. The fourth-order valence-corrected chi connectivity index (χ4v) is 2.20. The van der Waals surface area contributed by atoms with Crippen molar-refractivity contribution in [1.29, 1.82) is 0 Å². The number of hydrogen-bond acceptors (Lipinski definition) is 2. The van der Waals surface area contributed by atoms with Crippen molar-refractivity contribution in [3.05, 3.63) is 63.6 Å². The molecular weight excluding hydrogens is 380 g/mol. The molecule has 0 aliphatic heterocycles. The van der Waals surface area contributed by atoms with Gasteiger partial charge in [0.25, 0.3) is 5.91 Å². The van der Waals surface area contributed by atoms with E-state index in [0.717, 1.165) is 24.3 Å². The second-order valence-electron chi connectivity index (χ2n) is 4.93. The molecular formula is C16H11Cl2F3N2O2. The highest BCUT2D eigenvalue weighted by molar-refractivity contribution is 6.35. The van der Waals surface area contributed by atoms with Crippen LogP contribution in [0.5, 0.6) is 0 Å². The number of halogens is 5. The van der Waals surface area contributed by atoms with Crippen LogP contribution in [0.25, 0.3) is 0 Å². The number of benzene rings is 2. The summed E-state index contributed by atoms with van der Waals surface area (Å²) in [5.74, 6) is -1.24. The Morgan fingerprint density at radius 1 is 1.00 bits per heavy atom. The lowest BCUT2D eigenvalue weighted by Crippen LogP contribution is -2.32. The molecule has 25 heavy (non-hydrogen) atoms. The zero-order chi connectivity index (χ0) is 18.6. The second kappa shape index (κ2) is 7.76. The Kier molecular flexibility index (Phi) is 5.92. The third-order valence-corrected chi connectivity index (χ3v) is 3.65. The fraction of sp³-hybridized carbons (Fsp3) is 0.125. The number of alkyl halides is 3. The van der Waals surface area contributed by atoms with Crippen LogP contribution >= 0.6 is 23.2 Å². The van der Waals surface area contributed by atoms with E-state index in [1.807, 2.05) is 0 Å². The molecule has 9 heteroatoms. The minimum absolute atomic E-state index is 0.00147. The Labute approximate surface area is 150 Å². The fourth-order valence-electron chi connectivity index (χ4n) is 1.86. The minimum Gasteiger partial charge on any atom is -0.343 e. The molecule has 0 saturated heterocycles. The van der Waals surface area contributed by atoms with Gasteiger partial charge in [0.2, 0.25) is 5.91 Å². The van der Waals surface area contributed by atoms with E-state index < -0.39 is 23.6 Å². The van der Waals surface area contributed by atoms with Gasteiger partial charge in [-0.25, -0.2) is 0 Å². The first-order chi connectivity index (χ1) is 11.7. The minimum atomic E-state index is -4.48. The SMILES string of the molecule is O=C(CNC(=O)c1ccc(C(F)(F)F)cc1)Nc1cc(Cl)ccc1Cl. The number of carbonyl (C=O) groups is 2. The van der Waals surface area contributed by atoms with Crippen molar-refractivity contribution in [2.24, 2.45) is 0 Å². The molecule has 2 N–H and O–H groups in total. The van der Waals surface area contributed by atoms with Crippen molar-refractivity contribution in [3.8, 4) is 0 Å². The molecule has 0 aromatic heterocycles. The molecule has 2 aromatic carbocycles. The van der Waals surface area contributed by atoms with E-state index in [1.54, 1.807) is 6.07 Å². The summed E-state index contributed by atoms with van der Waals surface area (Å²) in [5, 5.41) is 5.41. The smallest absolute Gasteiger partial charge is 0.343 e. The van der Waals surface area contributed by atoms with E-state index in [2.05, 4.69) is 10.6 Å². The summed E-state index contributed by atoms with van der Waals surface area (Å²) in [7, 11) is 0. The number of amides is 2. The Bertz CT molecular complexity index is 793. The summed E-state index contributed by atoms with van der Waals surface area (Å²) in [4.78, 5) is 23.7. The highest BCUT2D eigenvalue weighted by Gasteiger charge is 2.30. The van der Waals surface area contributed by atoms with Gasteiger partial charge in [-0.3, -0.25) is 9.59 Å². The third kappa shape index (κ3) is 5.37. The molecule has 0 bridgehead atoms. The predicted octanol–water partition coefficient (Wildman–Crippen LogP) is 4.38. The molecule has 0 heterocycles. The molecule has 0 aliphatic carbocycles. The van der Waals surface area contributed by atoms with Crippen molar-refractivity contribution < 1.29 is 22.8 Å². The van der Waals surface area contributed by atoms with Crippen LogP contribution in [0.1, 0.15) is 15.9 Å². The van der Waals surface area contributed by atoms with E-state index in [0.29, 0.717) is 5.02 Å². The summed E-state index contributed by atoms with van der Waals surface area (Å²) in [6.07, 6.45) is -4.48. The summed E-state index contributed by atoms with van der Waals surface area (Å²) >= 11 is 11.7. The zero-order valence-corrected chi connectivity index (χ0v) is 14.0. The van der Waals surface area contributed by atoms with Crippen LogP contribution in [0.3, 0.4) is 0 Å². The maximum Gasteiger partial charge on any atom is 0.416 e. The predicted molar refractivity (Wildman–Crippen MR) is 88.9 cm³/mol. The molecule has 0 unspecified atom stereocenters. The van der Waals surface area contributed by atoms with Gasteiger partial charge in [0, 0.05) is 10.6 Å². The number of anilines is 1. The molecule has 2 amide bonds. The molecule has 2 aromatic rings. The molecule has 132 valence electrons. The molecule has 0 spiro atoms. The lowest BCUT2D eigenvalue weighted by molar-refractivity contribution is -0.137. The number of rotatable bonds is 4. The Morgan fingerprint density at radius 2 is 1.64 bits per heavy atom. The van der Waals surface area contributed by atoms with E-state index in [-0.39, 0.29) is 22.8 Å². The zero-order valence-electron chi connectivity index (χ0n) is 12.5. The van der Waals surface area contributed by atoms with Gasteiger partial charge in [-0.15, -0.1) is 0 Å². The van der Waals surface area contributed by atoms with Crippen molar-refractivity contribution in [2.75, 3.05) is 11.9 Å². The van der Waals surface area contributed by atoms with Crippen LogP contribution in [0.15, 0.2) is 42.5 Å². The van der Waals surface area contributed by atoms with Gasteiger partial charge in [0.15, 0.2) is 0 Å². The van der Waals surface area contributed by atoms with Crippen molar-refractivity contribution in [2.45, 2.75) is 6.18 Å².